The molecule has 0 bridgehead atoms. The molecule has 2 aliphatic heterocycles. The van der Waals surface area contributed by atoms with Gasteiger partial charge in [-0.2, -0.15) is 0 Å². The van der Waals surface area contributed by atoms with Gasteiger partial charge in [0, 0.05) is 51.7 Å². The summed E-state index contributed by atoms with van der Waals surface area (Å²) in [7, 11) is 0. The van der Waals surface area contributed by atoms with Gasteiger partial charge in [-0.15, -0.1) is 0 Å². The molecule has 0 aromatic rings. The first-order valence-electron chi connectivity index (χ1n) is 10.2. The third kappa shape index (κ3) is 4.10. The van der Waals surface area contributed by atoms with Gasteiger partial charge in [0.05, 0.1) is 0 Å². The summed E-state index contributed by atoms with van der Waals surface area (Å²) in [5.74, 6) is 0. The topological polar surface area (TPSA) is 36.0 Å². The molecule has 0 aliphatic carbocycles. The number of hydrogen-bond donors (Lipinski definition) is 0. The summed E-state index contributed by atoms with van der Waals surface area (Å²) in [5.41, 5.74) is -0.526. The van der Waals surface area contributed by atoms with Gasteiger partial charge in [-0.05, 0) is 40.6 Å². The molecule has 0 saturated carbocycles. The van der Waals surface area contributed by atoms with E-state index in [0.717, 1.165) is 6.42 Å². The Labute approximate surface area is 136 Å². The van der Waals surface area contributed by atoms with Crippen LogP contribution in [0.1, 0.15) is 47.8 Å². The number of hydrogen-bond acceptors (Lipinski definition) is 4. The van der Waals surface area contributed by atoms with Crippen molar-refractivity contribution in [3.8, 4) is 0 Å². The van der Waals surface area contributed by atoms with Gasteiger partial charge >= 0.3 is 6.09 Å². The number of nitrogens with zero attached hydrogens (tertiary/aromatic N) is 3. The van der Waals surface area contributed by atoms with E-state index < -0.39 is 18.9 Å². The maximum atomic E-state index is 12.4. The SMILES string of the molecule is [2H]C([2H])([2H])C([2H])([2H])N1CCN([C@H]2CCN(C(=O)OC(C)(C)C)[C@H]2C)CC1. The highest BCUT2D eigenvalue weighted by molar-refractivity contribution is 5.69. The van der Waals surface area contributed by atoms with E-state index in [9.17, 15) is 4.79 Å². The van der Waals surface area contributed by atoms with Crippen molar-refractivity contribution in [3.63, 3.8) is 0 Å². The van der Waals surface area contributed by atoms with E-state index in [1.165, 1.54) is 4.90 Å². The van der Waals surface area contributed by atoms with Crippen molar-refractivity contribution in [1.29, 1.82) is 0 Å². The number of amides is 1. The largest absolute Gasteiger partial charge is 0.444 e. The van der Waals surface area contributed by atoms with Gasteiger partial charge in [-0.1, -0.05) is 6.85 Å². The lowest BCUT2D eigenvalue weighted by molar-refractivity contribution is 0.0180. The third-order valence-corrected chi connectivity index (χ3v) is 4.28. The zero-order valence-corrected chi connectivity index (χ0v) is 13.6. The van der Waals surface area contributed by atoms with Gasteiger partial charge in [0.15, 0.2) is 0 Å². The summed E-state index contributed by atoms with van der Waals surface area (Å²) in [6.07, 6.45) is 0.539. The fourth-order valence-electron chi connectivity index (χ4n) is 3.16. The molecule has 0 aromatic carbocycles. The Morgan fingerprint density at radius 3 is 2.52 bits per heavy atom. The van der Waals surface area contributed by atoms with E-state index in [2.05, 4.69) is 4.90 Å². The van der Waals surface area contributed by atoms with Crippen molar-refractivity contribution < 1.29 is 16.4 Å². The lowest BCUT2D eigenvalue weighted by Gasteiger charge is -2.39. The second-order valence-electron chi connectivity index (χ2n) is 6.91. The summed E-state index contributed by atoms with van der Waals surface area (Å²) in [5, 5.41) is 0. The Balaban J connectivity index is 1.93. The van der Waals surface area contributed by atoms with Crippen molar-refractivity contribution >= 4 is 6.09 Å². The van der Waals surface area contributed by atoms with Crippen LogP contribution in [0, 0.1) is 0 Å². The van der Waals surface area contributed by atoms with Crippen LogP contribution in [-0.4, -0.2) is 77.7 Å². The summed E-state index contributed by atoms with van der Waals surface area (Å²) >= 11 is 0. The number of rotatable bonds is 2. The monoisotopic (exact) mass is 302 g/mol. The molecule has 5 nitrogen and oxygen atoms in total. The molecule has 2 saturated heterocycles. The Kier molecular flexibility index (Phi) is 3.37. The predicted molar refractivity (Wildman–Crippen MR) is 84.5 cm³/mol. The van der Waals surface area contributed by atoms with E-state index >= 15 is 0 Å². The van der Waals surface area contributed by atoms with Crippen molar-refractivity contribution in [1.82, 2.24) is 14.7 Å². The normalized spacial score (nSPS) is 33.7. The molecule has 0 spiro atoms. The Morgan fingerprint density at radius 2 is 1.95 bits per heavy atom. The first-order chi connectivity index (χ1) is 11.7. The summed E-state index contributed by atoms with van der Waals surface area (Å²) in [4.78, 5) is 17.8. The molecule has 0 aromatic heterocycles. The maximum Gasteiger partial charge on any atom is 0.410 e. The molecule has 122 valence electrons. The average Bonchev–Trinajstić information content (AvgIpc) is 2.86. The zero-order valence-electron chi connectivity index (χ0n) is 18.6. The molecule has 5 heteroatoms. The second-order valence-corrected chi connectivity index (χ2v) is 6.91. The standard InChI is InChI=1S/C16H31N3O2/c1-6-17-9-11-18(12-10-17)14-7-8-19(13(14)2)15(20)21-16(3,4)5/h13-14H,6-12H2,1-5H3/t13-,14-/m0/s1/i1D3,6D2. The smallest absolute Gasteiger partial charge is 0.410 e. The van der Waals surface area contributed by atoms with Crippen LogP contribution < -0.4 is 0 Å². The van der Waals surface area contributed by atoms with E-state index in [0.29, 0.717) is 32.7 Å². The van der Waals surface area contributed by atoms with Crippen LogP contribution in [-0.2, 0) is 4.74 Å². The molecule has 0 radical (unpaired) electrons. The van der Waals surface area contributed by atoms with Crippen molar-refractivity contribution in [2.24, 2.45) is 0 Å². The fourth-order valence-corrected chi connectivity index (χ4v) is 3.16. The average molecular weight is 302 g/mol. The van der Waals surface area contributed by atoms with Crippen LogP contribution in [0.2, 0.25) is 0 Å². The number of likely N-dealkylation sites (tertiary alicyclic amines) is 1. The molecular weight excluding hydrogens is 266 g/mol. The van der Waals surface area contributed by atoms with Crippen LogP contribution in [0.25, 0.3) is 0 Å². The van der Waals surface area contributed by atoms with Crippen LogP contribution in [0.3, 0.4) is 0 Å². The van der Waals surface area contributed by atoms with Gasteiger partial charge < -0.3 is 14.5 Å². The molecule has 1 amide bonds. The minimum atomic E-state index is -2.66. The number of piperazine rings is 1. The van der Waals surface area contributed by atoms with E-state index in [1.807, 2.05) is 27.7 Å². The second kappa shape index (κ2) is 6.53. The van der Waals surface area contributed by atoms with Crippen LogP contribution in [0.4, 0.5) is 4.79 Å². The van der Waals surface area contributed by atoms with Gasteiger partial charge in [-0.25, -0.2) is 4.79 Å². The van der Waals surface area contributed by atoms with Crippen LogP contribution in [0.15, 0.2) is 0 Å². The predicted octanol–water partition coefficient (Wildman–Crippen LogP) is 2.02. The number of carbonyl (C=O) groups is 1. The molecule has 2 fully saturated rings. The minimum absolute atomic E-state index is 0.00998. The molecule has 2 heterocycles. The molecule has 0 N–H and O–H groups in total. The highest BCUT2D eigenvalue weighted by atomic mass is 16.6. The van der Waals surface area contributed by atoms with Crippen molar-refractivity contribution in [2.75, 3.05) is 39.2 Å². The summed E-state index contributed by atoms with van der Waals surface area (Å²) in [6, 6.07) is 0.194. The van der Waals surface area contributed by atoms with Crippen LogP contribution in [0.5, 0.6) is 0 Å². The maximum absolute atomic E-state index is 12.4. The Morgan fingerprint density at radius 1 is 1.29 bits per heavy atom. The number of ether oxygens (including phenoxy) is 1. The van der Waals surface area contributed by atoms with E-state index in [-0.39, 0.29) is 18.2 Å². The first-order valence-corrected chi connectivity index (χ1v) is 7.73. The summed E-state index contributed by atoms with van der Waals surface area (Å²) < 4.78 is 43.5. The minimum Gasteiger partial charge on any atom is -0.444 e. The molecule has 2 aliphatic rings. The lowest BCUT2D eigenvalue weighted by atomic mass is 10.1. The summed E-state index contributed by atoms with van der Waals surface area (Å²) in [6.45, 7) is 5.12. The van der Waals surface area contributed by atoms with Gasteiger partial charge in [0.1, 0.15) is 5.60 Å². The molecule has 21 heavy (non-hydrogen) atoms. The highest BCUT2D eigenvalue weighted by Gasteiger charge is 2.39. The highest BCUT2D eigenvalue weighted by Crippen LogP contribution is 2.25. The van der Waals surface area contributed by atoms with Gasteiger partial charge in [0.2, 0.25) is 0 Å². The fraction of sp³-hybridized carbons (Fsp3) is 0.938. The zero-order chi connectivity index (χ0) is 19.9. The van der Waals surface area contributed by atoms with Gasteiger partial charge in [-0.3, -0.25) is 4.90 Å². The quantitative estimate of drug-likeness (QED) is 0.782. The number of carbonyl (C=O) groups excluding carboxylic acids is 1. The number of likely N-dealkylation sites (N-methyl/N-ethyl adjacent to an activating group) is 1. The van der Waals surface area contributed by atoms with E-state index in [1.54, 1.807) is 4.90 Å². The third-order valence-electron chi connectivity index (χ3n) is 4.28. The lowest BCUT2D eigenvalue weighted by Crippen LogP contribution is -2.53. The van der Waals surface area contributed by atoms with E-state index in [4.69, 9.17) is 11.6 Å². The Bertz CT molecular complexity index is 513. The first kappa shape index (κ1) is 10.8. The molecule has 2 rings (SSSR count). The van der Waals surface area contributed by atoms with Crippen molar-refractivity contribution in [2.45, 2.75) is 58.7 Å². The molecule has 2 atom stereocenters. The Hall–Kier alpha value is -0.810. The van der Waals surface area contributed by atoms with Gasteiger partial charge in [0.25, 0.3) is 0 Å². The van der Waals surface area contributed by atoms with Crippen LogP contribution >= 0.6 is 0 Å². The van der Waals surface area contributed by atoms with Crippen molar-refractivity contribution in [3.05, 3.63) is 0 Å². The molecule has 0 unspecified atom stereocenters. The molecular formula is C16H31N3O2.